The molecule has 0 unspecified atom stereocenters. The Morgan fingerprint density at radius 3 is 2.26 bits per heavy atom. The molecule has 0 radical (unpaired) electrons. The summed E-state index contributed by atoms with van der Waals surface area (Å²) < 4.78 is 10.7. The molecule has 1 N–H and O–H groups in total. The Morgan fingerprint density at radius 2 is 1.70 bits per heavy atom. The van der Waals surface area contributed by atoms with Crippen LogP contribution in [0.2, 0.25) is 0 Å². The molecule has 1 amide bonds. The number of carbonyl (C=O) groups is 1. The summed E-state index contributed by atoms with van der Waals surface area (Å²) in [5.41, 5.74) is 3.51. The van der Waals surface area contributed by atoms with E-state index in [9.17, 15) is 4.79 Å². The van der Waals surface area contributed by atoms with Crippen LogP contribution >= 0.6 is 0 Å². The van der Waals surface area contributed by atoms with Gasteiger partial charge in [0.25, 0.3) is 0 Å². The van der Waals surface area contributed by atoms with E-state index in [-0.39, 0.29) is 17.4 Å². The Bertz CT molecular complexity index is 760. The average Bonchev–Trinajstić information content (AvgIpc) is 2.65. The minimum absolute atomic E-state index is 0.0206. The third-order valence-electron chi connectivity index (χ3n) is 4.74. The molecule has 0 fully saturated rings. The van der Waals surface area contributed by atoms with Gasteiger partial charge in [0.2, 0.25) is 5.91 Å². The number of aryl methyl sites for hydroxylation is 1. The summed E-state index contributed by atoms with van der Waals surface area (Å²) in [5.74, 6) is 1.50. The zero-order chi connectivity index (χ0) is 20.0. The quantitative estimate of drug-likeness (QED) is 0.762. The van der Waals surface area contributed by atoms with Crippen molar-refractivity contribution in [3.8, 4) is 11.5 Å². The number of hydrogen-bond acceptors (Lipinski definition) is 3. The summed E-state index contributed by atoms with van der Waals surface area (Å²) in [6.07, 6.45) is 1.17. The highest BCUT2D eigenvalue weighted by Crippen LogP contribution is 2.29. The number of ether oxygens (including phenoxy) is 2. The molecule has 2 aromatic rings. The maximum Gasteiger partial charge on any atom is 0.220 e. The number of amides is 1. The topological polar surface area (TPSA) is 47.6 Å². The average molecular weight is 370 g/mol. The van der Waals surface area contributed by atoms with Gasteiger partial charge in [-0.3, -0.25) is 4.79 Å². The molecule has 146 valence electrons. The molecule has 2 aromatic carbocycles. The third-order valence-corrected chi connectivity index (χ3v) is 4.74. The summed E-state index contributed by atoms with van der Waals surface area (Å²) in [7, 11) is 3.25. The summed E-state index contributed by atoms with van der Waals surface area (Å²) in [6, 6.07) is 14.0. The third kappa shape index (κ3) is 5.75. The van der Waals surface area contributed by atoms with Gasteiger partial charge in [0.05, 0.1) is 20.3 Å². The van der Waals surface area contributed by atoms with E-state index >= 15 is 0 Å². The van der Waals surface area contributed by atoms with Crippen molar-refractivity contribution in [2.45, 2.75) is 52.0 Å². The highest BCUT2D eigenvalue weighted by molar-refractivity contribution is 5.76. The van der Waals surface area contributed by atoms with Crippen molar-refractivity contribution in [2.24, 2.45) is 0 Å². The van der Waals surface area contributed by atoms with Gasteiger partial charge in [-0.25, -0.2) is 0 Å². The minimum Gasteiger partial charge on any atom is -0.497 e. The van der Waals surface area contributed by atoms with Crippen LogP contribution in [-0.2, 0) is 16.6 Å². The van der Waals surface area contributed by atoms with Crippen molar-refractivity contribution in [2.75, 3.05) is 14.2 Å². The summed E-state index contributed by atoms with van der Waals surface area (Å²) in [5, 5.41) is 3.05. The maximum atomic E-state index is 12.4. The predicted molar refractivity (Wildman–Crippen MR) is 110 cm³/mol. The van der Waals surface area contributed by atoms with Crippen molar-refractivity contribution >= 4 is 5.91 Å². The predicted octanol–water partition coefficient (Wildman–Crippen LogP) is 4.81. The second kappa shape index (κ2) is 8.94. The first kappa shape index (κ1) is 20.8. The van der Waals surface area contributed by atoms with E-state index in [2.05, 4.69) is 50.4 Å². The summed E-state index contributed by atoms with van der Waals surface area (Å²) in [6.45, 7) is 8.55. The second-order valence-corrected chi connectivity index (χ2v) is 7.84. The molecule has 27 heavy (non-hydrogen) atoms. The highest BCUT2D eigenvalue weighted by Gasteiger charge is 2.16. The molecule has 0 aliphatic carbocycles. The van der Waals surface area contributed by atoms with Crippen LogP contribution in [-0.4, -0.2) is 20.1 Å². The fourth-order valence-corrected chi connectivity index (χ4v) is 3.00. The molecule has 4 nitrogen and oxygen atoms in total. The van der Waals surface area contributed by atoms with E-state index in [0.717, 1.165) is 23.5 Å². The molecule has 0 aromatic heterocycles. The molecule has 0 aliphatic rings. The zero-order valence-corrected chi connectivity index (χ0v) is 17.3. The lowest BCUT2D eigenvalue weighted by Crippen LogP contribution is -2.27. The molecule has 0 spiro atoms. The Labute approximate surface area is 162 Å². The number of hydrogen-bond donors (Lipinski definition) is 1. The largest absolute Gasteiger partial charge is 0.497 e. The number of rotatable bonds is 7. The van der Waals surface area contributed by atoms with E-state index < -0.39 is 0 Å². The number of nitrogens with one attached hydrogen (secondary N) is 1. The van der Waals surface area contributed by atoms with Crippen molar-refractivity contribution in [1.29, 1.82) is 0 Å². The van der Waals surface area contributed by atoms with Crippen molar-refractivity contribution < 1.29 is 14.3 Å². The van der Waals surface area contributed by atoms with Crippen molar-refractivity contribution in [1.82, 2.24) is 5.32 Å². The van der Waals surface area contributed by atoms with Gasteiger partial charge < -0.3 is 14.8 Å². The maximum absolute atomic E-state index is 12.4. The molecular weight excluding hydrogens is 338 g/mol. The van der Waals surface area contributed by atoms with E-state index in [1.165, 1.54) is 11.1 Å². The standard InChI is InChI=1S/C23H31NO3/c1-16(20-15-19(26-5)12-13-21(20)27-6)24-22(25)14-9-17-7-10-18(11-8-17)23(2,3)4/h7-8,10-13,15-16H,9,14H2,1-6H3,(H,24,25)/t16-/m0/s1. The Hall–Kier alpha value is -2.49. The molecular formula is C23H31NO3. The van der Waals surface area contributed by atoms with Gasteiger partial charge in [0, 0.05) is 12.0 Å². The van der Waals surface area contributed by atoms with Gasteiger partial charge in [-0.05, 0) is 48.1 Å². The lowest BCUT2D eigenvalue weighted by Gasteiger charge is -2.19. The first-order valence-corrected chi connectivity index (χ1v) is 9.35. The van der Waals surface area contributed by atoms with Crippen LogP contribution in [0.25, 0.3) is 0 Å². The van der Waals surface area contributed by atoms with Crippen LogP contribution < -0.4 is 14.8 Å². The molecule has 0 saturated heterocycles. The van der Waals surface area contributed by atoms with Crippen LogP contribution in [0.3, 0.4) is 0 Å². The fraction of sp³-hybridized carbons (Fsp3) is 0.435. The van der Waals surface area contributed by atoms with E-state index in [1.54, 1.807) is 14.2 Å². The molecule has 0 heterocycles. The normalized spacial score (nSPS) is 12.4. The molecule has 0 aliphatic heterocycles. The van der Waals surface area contributed by atoms with Gasteiger partial charge >= 0.3 is 0 Å². The van der Waals surface area contributed by atoms with Gasteiger partial charge in [-0.2, -0.15) is 0 Å². The second-order valence-electron chi connectivity index (χ2n) is 7.84. The summed E-state index contributed by atoms with van der Waals surface area (Å²) in [4.78, 5) is 12.4. The zero-order valence-electron chi connectivity index (χ0n) is 17.3. The highest BCUT2D eigenvalue weighted by atomic mass is 16.5. The Balaban J connectivity index is 1.95. The van der Waals surface area contributed by atoms with Crippen LogP contribution in [0.1, 0.15) is 56.8 Å². The van der Waals surface area contributed by atoms with Crippen LogP contribution in [0, 0.1) is 0 Å². The minimum atomic E-state index is -0.161. The number of methoxy groups -OCH3 is 2. The first-order valence-electron chi connectivity index (χ1n) is 9.35. The monoisotopic (exact) mass is 369 g/mol. The molecule has 0 bridgehead atoms. The number of carbonyl (C=O) groups excluding carboxylic acids is 1. The van der Waals surface area contributed by atoms with E-state index in [4.69, 9.17) is 9.47 Å². The smallest absolute Gasteiger partial charge is 0.220 e. The van der Waals surface area contributed by atoms with Crippen LogP contribution in [0.4, 0.5) is 0 Å². The van der Waals surface area contributed by atoms with Gasteiger partial charge in [-0.1, -0.05) is 45.0 Å². The molecule has 4 heteroatoms. The van der Waals surface area contributed by atoms with E-state index in [0.29, 0.717) is 6.42 Å². The van der Waals surface area contributed by atoms with Crippen molar-refractivity contribution in [3.05, 3.63) is 59.2 Å². The van der Waals surface area contributed by atoms with E-state index in [1.807, 2.05) is 25.1 Å². The van der Waals surface area contributed by atoms with Gasteiger partial charge in [0.1, 0.15) is 11.5 Å². The number of benzene rings is 2. The van der Waals surface area contributed by atoms with Gasteiger partial charge in [-0.15, -0.1) is 0 Å². The molecule has 0 saturated carbocycles. The lowest BCUT2D eigenvalue weighted by atomic mass is 9.86. The van der Waals surface area contributed by atoms with Crippen LogP contribution in [0.5, 0.6) is 11.5 Å². The van der Waals surface area contributed by atoms with Gasteiger partial charge in [0.15, 0.2) is 0 Å². The van der Waals surface area contributed by atoms with Crippen LogP contribution in [0.15, 0.2) is 42.5 Å². The molecule has 2 rings (SSSR count). The first-order chi connectivity index (χ1) is 12.7. The molecule has 1 atom stereocenters. The fourth-order valence-electron chi connectivity index (χ4n) is 3.00. The Kier molecular flexibility index (Phi) is 6.89. The summed E-state index contributed by atoms with van der Waals surface area (Å²) >= 11 is 0. The van der Waals surface area contributed by atoms with Crippen molar-refractivity contribution in [3.63, 3.8) is 0 Å². The lowest BCUT2D eigenvalue weighted by molar-refractivity contribution is -0.121. The SMILES string of the molecule is COc1ccc(OC)c([C@H](C)NC(=O)CCc2ccc(C(C)(C)C)cc2)c1. The Morgan fingerprint density at radius 1 is 1.04 bits per heavy atom.